The monoisotopic (exact) mass is 680 g/mol. The van der Waals surface area contributed by atoms with E-state index in [0.29, 0.717) is 15.6 Å². The number of hydrogen-bond acceptors (Lipinski definition) is 7. The number of alkyl halides is 3. The fourth-order valence-corrected chi connectivity index (χ4v) is 8.93. The van der Waals surface area contributed by atoms with Gasteiger partial charge >= 0.3 is 11.0 Å². The van der Waals surface area contributed by atoms with Gasteiger partial charge in [-0.05, 0) is 68.8 Å². The average Bonchev–Trinajstić information content (AvgIpc) is 3.48. The summed E-state index contributed by atoms with van der Waals surface area (Å²) < 4.78 is 40.9. The van der Waals surface area contributed by atoms with E-state index in [2.05, 4.69) is 24.1 Å². The molecular weight excluding hydrogens is 650 g/mol. The number of hydrogen-bond donors (Lipinski definition) is 1. The van der Waals surface area contributed by atoms with E-state index in [1.54, 1.807) is 12.1 Å². The van der Waals surface area contributed by atoms with E-state index in [1.807, 2.05) is 43.3 Å². The number of amides is 3. The summed E-state index contributed by atoms with van der Waals surface area (Å²) in [6.07, 6.45) is -4.59. The van der Waals surface area contributed by atoms with Crippen LogP contribution in [0.15, 0.2) is 82.6 Å². The molecule has 0 aliphatic carbocycles. The number of imide groups is 1. The van der Waals surface area contributed by atoms with Gasteiger partial charge in [-0.3, -0.25) is 23.7 Å². The maximum absolute atomic E-state index is 14.1. The van der Waals surface area contributed by atoms with E-state index in [4.69, 9.17) is 0 Å². The van der Waals surface area contributed by atoms with Gasteiger partial charge in [0.2, 0.25) is 17.7 Å². The molecule has 2 aliphatic heterocycles. The molecule has 1 N–H and O–H groups in total. The highest BCUT2D eigenvalue weighted by Crippen LogP contribution is 2.54. The lowest BCUT2D eigenvalue weighted by atomic mass is 9.83. The summed E-state index contributed by atoms with van der Waals surface area (Å²) in [6.45, 7) is 7.14. The van der Waals surface area contributed by atoms with Gasteiger partial charge in [0.1, 0.15) is 11.8 Å². The Bertz CT molecular complexity index is 1900. The standard InChI is InChI=1S/C34H31F3N4O4S2/c1-4-39(5-2)23-15-11-20(12-16-23)26-27-28(31(44)41(30(27)43)24-13-9-19(3)10-14-24)46-32-29(26)47-33(45)40(32)18-25(42)38-22-8-6-7-21(17-22)34(35,36)37/h6-17,26-28H,4-5,18H2,1-3H3,(H,38,42)/t26-,27?,28?/m1/s1. The second-order valence-electron chi connectivity index (χ2n) is 11.4. The Hall–Kier alpha value is -4.36. The molecule has 2 aliphatic rings. The van der Waals surface area contributed by atoms with Crippen LogP contribution in [0.25, 0.3) is 0 Å². The van der Waals surface area contributed by atoms with Crippen LogP contribution in [0.5, 0.6) is 0 Å². The number of halogens is 3. The van der Waals surface area contributed by atoms with Gasteiger partial charge in [0.15, 0.2) is 0 Å². The topological polar surface area (TPSA) is 91.7 Å². The van der Waals surface area contributed by atoms with Crippen LogP contribution in [-0.4, -0.2) is 40.6 Å². The largest absolute Gasteiger partial charge is 0.416 e. The minimum absolute atomic E-state index is 0.0637. The third kappa shape index (κ3) is 6.09. The molecule has 3 amide bonds. The van der Waals surface area contributed by atoms with Crippen molar-refractivity contribution >= 4 is 57.9 Å². The third-order valence-corrected chi connectivity index (χ3v) is 11.1. The van der Waals surface area contributed by atoms with E-state index in [9.17, 15) is 32.3 Å². The predicted octanol–water partition coefficient (Wildman–Crippen LogP) is 6.52. The van der Waals surface area contributed by atoms with Crippen molar-refractivity contribution in [3.8, 4) is 0 Å². The first kappa shape index (κ1) is 32.6. The maximum Gasteiger partial charge on any atom is 0.416 e. The van der Waals surface area contributed by atoms with Gasteiger partial charge in [0, 0.05) is 35.3 Å². The SMILES string of the molecule is CCN(CC)c1ccc([C@H]2c3sc(=O)n(CC(=O)Nc4cccc(C(F)(F)F)c4)c3SC3C(=O)N(c4ccc(C)cc4)C(=O)C32)cc1. The fourth-order valence-electron chi connectivity index (χ4n) is 6.16. The summed E-state index contributed by atoms with van der Waals surface area (Å²) in [5.41, 5.74) is 2.20. The first-order chi connectivity index (χ1) is 22.4. The van der Waals surface area contributed by atoms with Crippen molar-refractivity contribution < 1.29 is 27.6 Å². The van der Waals surface area contributed by atoms with Crippen molar-refractivity contribution in [3.05, 3.63) is 104 Å². The molecule has 0 spiro atoms. The van der Waals surface area contributed by atoms with Crippen LogP contribution in [0, 0.1) is 12.8 Å². The highest BCUT2D eigenvalue weighted by atomic mass is 32.2. The zero-order valence-corrected chi connectivity index (χ0v) is 27.3. The van der Waals surface area contributed by atoms with Gasteiger partial charge in [0.05, 0.1) is 22.2 Å². The highest BCUT2D eigenvalue weighted by molar-refractivity contribution is 8.00. The fraction of sp³-hybridized carbons (Fsp3) is 0.294. The van der Waals surface area contributed by atoms with Gasteiger partial charge in [-0.2, -0.15) is 13.2 Å². The molecule has 13 heteroatoms. The molecular formula is C34H31F3N4O4S2. The lowest BCUT2D eigenvalue weighted by Gasteiger charge is -2.31. The summed E-state index contributed by atoms with van der Waals surface area (Å²) >= 11 is 1.99. The van der Waals surface area contributed by atoms with Crippen molar-refractivity contribution in [2.75, 3.05) is 28.2 Å². The molecule has 3 heterocycles. The Morgan fingerprint density at radius 2 is 1.62 bits per heavy atom. The smallest absolute Gasteiger partial charge is 0.372 e. The van der Waals surface area contributed by atoms with Gasteiger partial charge in [-0.25, -0.2) is 4.90 Å². The zero-order chi connectivity index (χ0) is 33.6. The van der Waals surface area contributed by atoms with Crippen molar-refractivity contribution in [2.24, 2.45) is 5.92 Å². The van der Waals surface area contributed by atoms with Crippen molar-refractivity contribution in [1.82, 2.24) is 4.57 Å². The third-order valence-electron chi connectivity index (χ3n) is 8.50. The molecule has 0 saturated carbocycles. The van der Waals surface area contributed by atoms with Gasteiger partial charge in [-0.15, -0.1) is 0 Å². The number of fused-ring (bicyclic) bond motifs is 2. The van der Waals surface area contributed by atoms with E-state index < -0.39 is 52.1 Å². The number of thioether (sulfide) groups is 1. The summed E-state index contributed by atoms with van der Waals surface area (Å²) in [6, 6.07) is 19.1. The predicted molar refractivity (Wildman–Crippen MR) is 177 cm³/mol. The lowest BCUT2D eigenvalue weighted by molar-refractivity contribution is -0.137. The lowest BCUT2D eigenvalue weighted by Crippen LogP contribution is -2.33. The van der Waals surface area contributed by atoms with Crippen LogP contribution >= 0.6 is 23.1 Å². The molecule has 1 fully saturated rings. The van der Waals surface area contributed by atoms with Crippen LogP contribution in [0.1, 0.15) is 41.3 Å². The van der Waals surface area contributed by atoms with Crippen LogP contribution in [0.2, 0.25) is 0 Å². The Balaban J connectivity index is 1.39. The number of nitrogens with zero attached hydrogens (tertiary/aromatic N) is 3. The molecule has 4 aromatic rings. The van der Waals surface area contributed by atoms with Crippen molar-refractivity contribution in [1.29, 1.82) is 0 Å². The van der Waals surface area contributed by atoms with Gasteiger partial charge in [-0.1, -0.05) is 59.0 Å². The number of aromatic nitrogens is 1. The molecule has 6 rings (SSSR count). The minimum Gasteiger partial charge on any atom is -0.372 e. The van der Waals surface area contributed by atoms with Gasteiger partial charge in [0.25, 0.3) is 0 Å². The molecule has 0 bridgehead atoms. The Labute approximate surface area is 277 Å². The number of anilines is 3. The highest BCUT2D eigenvalue weighted by Gasteiger charge is 2.56. The number of nitrogens with one attached hydrogen (secondary N) is 1. The Morgan fingerprint density at radius 1 is 0.936 bits per heavy atom. The number of carbonyl (C=O) groups excluding carboxylic acids is 3. The molecule has 0 radical (unpaired) electrons. The molecule has 244 valence electrons. The number of benzene rings is 3. The van der Waals surface area contributed by atoms with E-state index in [0.717, 1.165) is 65.1 Å². The first-order valence-electron chi connectivity index (χ1n) is 15.1. The summed E-state index contributed by atoms with van der Waals surface area (Å²) in [4.78, 5) is 58.1. The van der Waals surface area contributed by atoms with E-state index >= 15 is 0 Å². The van der Waals surface area contributed by atoms with Crippen LogP contribution in [0.4, 0.5) is 30.2 Å². The second kappa shape index (κ2) is 12.7. The molecule has 1 aromatic heterocycles. The zero-order valence-electron chi connectivity index (χ0n) is 25.7. The molecule has 3 atom stereocenters. The van der Waals surface area contributed by atoms with Crippen LogP contribution < -0.4 is 20.0 Å². The quantitative estimate of drug-likeness (QED) is 0.213. The maximum atomic E-state index is 14.1. The van der Waals surface area contributed by atoms with E-state index in [1.165, 1.54) is 21.6 Å². The Kier molecular flexibility index (Phi) is 8.79. The number of rotatable bonds is 8. The summed E-state index contributed by atoms with van der Waals surface area (Å²) in [7, 11) is 0. The van der Waals surface area contributed by atoms with Crippen LogP contribution in [-0.2, 0) is 27.1 Å². The molecule has 47 heavy (non-hydrogen) atoms. The molecule has 2 unspecified atom stereocenters. The normalized spacial score (nSPS) is 19.0. The number of thiazole rings is 1. The summed E-state index contributed by atoms with van der Waals surface area (Å²) in [5.74, 6) is -2.92. The van der Waals surface area contributed by atoms with Crippen molar-refractivity contribution in [2.45, 2.75) is 49.7 Å². The minimum atomic E-state index is -4.59. The number of carbonyl (C=O) groups is 3. The first-order valence-corrected chi connectivity index (χ1v) is 16.8. The van der Waals surface area contributed by atoms with Crippen molar-refractivity contribution in [3.63, 3.8) is 0 Å². The van der Waals surface area contributed by atoms with Crippen LogP contribution in [0.3, 0.4) is 0 Å². The molecule has 8 nitrogen and oxygen atoms in total. The molecule has 1 saturated heterocycles. The number of aryl methyl sites for hydroxylation is 1. The average molecular weight is 681 g/mol. The summed E-state index contributed by atoms with van der Waals surface area (Å²) in [5, 5.41) is 1.98. The van der Waals surface area contributed by atoms with E-state index in [-0.39, 0.29) is 11.6 Å². The van der Waals surface area contributed by atoms with Gasteiger partial charge < -0.3 is 10.2 Å². The second-order valence-corrected chi connectivity index (χ2v) is 13.5. The Morgan fingerprint density at radius 3 is 2.26 bits per heavy atom. The molecule has 3 aromatic carbocycles.